The summed E-state index contributed by atoms with van der Waals surface area (Å²) in [6.45, 7) is 0.206. The van der Waals surface area contributed by atoms with E-state index in [-0.39, 0.29) is 17.9 Å². The van der Waals surface area contributed by atoms with Crippen LogP contribution in [-0.2, 0) is 9.53 Å². The minimum Gasteiger partial charge on any atom is -0.484 e. The quantitative estimate of drug-likeness (QED) is 0.621. The van der Waals surface area contributed by atoms with Gasteiger partial charge in [0, 0.05) is 13.7 Å². The van der Waals surface area contributed by atoms with E-state index in [9.17, 15) is 14.4 Å². The molecule has 0 aromatic heterocycles. The zero-order valence-corrected chi connectivity index (χ0v) is 11.4. The van der Waals surface area contributed by atoms with Crippen LogP contribution >= 0.6 is 0 Å². The molecule has 0 atom stereocenters. The molecule has 0 aliphatic carbocycles. The number of carbonyl (C=O) groups is 3. The van der Waals surface area contributed by atoms with Crippen molar-refractivity contribution in [3.63, 3.8) is 0 Å². The summed E-state index contributed by atoms with van der Waals surface area (Å²) < 4.78 is 9.84. The van der Waals surface area contributed by atoms with Crippen LogP contribution in [0.3, 0.4) is 0 Å². The first-order chi connectivity index (χ1) is 10.0. The number of imide groups is 1. The Morgan fingerprint density at radius 1 is 1.29 bits per heavy atom. The molecule has 1 aromatic carbocycles. The average Bonchev–Trinajstić information content (AvgIpc) is 2.45. The molecule has 0 aliphatic rings. The Morgan fingerprint density at radius 2 is 2.05 bits per heavy atom. The lowest BCUT2D eigenvalue weighted by atomic mass is 10.2. The monoisotopic (exact) mass is 296 g/mol. The van der Waals surface area contributed by atoms with E-state index in [0.29, 0.717) is 6.61 Å². The average molecular weight is 296 g/mol. The Hall–Kier alpha value is -2.61. The highest BCUT2D eigenvalue weighted by Crippen LogP contribution is 2.12. The van der Waals surface area contributed by atoms with Crippen molar-refractivity contribution >= 4 is 17.9 Å². The zero-order valence-electron chi connectivity index (χ0n) is 11.4. The summed E-state index contributed by atoms with van der Waals surface area (Å²) in [4.78, 5) is 33.4. The van der Waals surface area contributed by atoms with Crippen molar-refractivity contribution in [2.24, 2.45) is 0 Å². The molecule has 3 N–H and O–H groups in total. The van der Waals surface area contributed by atoms with Crippen LogP contribution in [0.1, 0.15) is 10.4 Å². The summed E-state index contributed by atoms with van der Waals surface area (Å²) in [7, 11) is 1.49. The van der Waals surface area contributed by atoms with Gasteiger partial charge in [0.05, 0.1) is 12.2 Å². The third-order valence-corrected chi connectivity index (χ3v) is 2.30. The zero-order chi connectivity index (χ0) is 15.7. The maximum atomic E-state index is 11.4. The molecule has 0 heterocycles. The number of hydrogen-bond donors (Lipinski definition) is 3. The van der Waals surface area contributed by atoms with Crippen LogP contribution in [0.25, 0.3) is 0 Å². The molecular formula is C13H16N2O6. The number of hydrogen-bond acceptors (Lipinski definition) is 5. The molecule has 1 rings (SSSR count). The van der Waals surface area contributed by atoms with Gasteiger partial charge in [0.25, 0.3) is 5.91 Å². The number of benzene rings is 1. The predicted octanol–water partition coefficient (Wildman–Crippen LogP) is 0.236. The number of nitrogens with one attached hydrogen (secondary N) is 2. The van der Waals surface area contributed by atoms with Gasteiger partial charge in [0.15, 0.2) is 6.61 Å². The van der Waals surface area contributed by atoms with Crippen LogP contribution in [0.2, 0.25) is 0 Å². The number of aromatic carboxylic acids is 1. The van der Waals surface area contributed by atoms with E-state index in [1.165, 1.54) is 31.4 Å². The number of carbonyl (C=O) groups excluding carboxylic acids is 2. The molecule has 0 bridgehead atoms. The van der Waals surface area contributed by atoms with Crippen molar-refractivity contribution in [3.8, 4) is 5.75 Å². The summed E-state index contributed by atoms with van der Waals surface area (Å²) >= 11 is 0. The third kappa shape index (κ3) is 6.39. The van der Waals surface area contributed by atoms with E-state index in [1.54, 1.807) is 0 Å². The van der Waals surface area contributed by atoms with Crippen LogP contribution in [0, 0.1) is 0 Å². The highest BCUT2D eigenvalue weighted by atomic mass is 16.5. The Balaban J connectivity index is 2.37. The molecule has 8 nitrogen and oxygen atoms in total. The molecule has 0 saturated carbocycles. The van der Waals surface area contributed by atoms with E-state index in [4.69, 9.17) is 14.6 Å². The van der Waals surface area contributed by atoms with Crippen LogP contribution < -0.4 is 15.4 Å². The summed E-state index contributed by atoms with van der Waals surface area (Å²) in [6.07, 6.45) is 0. The number of carboxylic acid groups (broad SMARTS) is 1. The van der Waals surface area contributed by atoms with Gasteiger partial charge in [-0.2, -0.15) is 0 Å². The second-order valence-corrected chi connectivity index (χ2v) is 3.92. The van der Waals surface area contributed by atoms with Crippen LogP contribution in [0.4, 0.5) is 4.79 Å². The molecule has 0 aliphatic heterocycles. The van der Waals surface area contributed by atoms with Crippen LogP contribution in [0.15, 0.2) is 24.3 Å². The molecule has 21 heavy (non-hydrogen) atoms. The molecule has 0 fully saturated rings. The number of rotatable bonds is 7. The highest BCUT2D eigenvalue weighted by Gasteiger charge is 2.09. The summed E-state index contributed by atoms with van der Waals surface area (Å²) in [5.41, 5.74) is 0.0465. The minimum atomic E-state index is -1.09. The van der Waals surface area contributed by atoms with E-state index < -0.39 is 24.5 Å². The van der Waals surface area contributed by atoms with Crippen molar-refractivity contribution in [1.82, 2.24) is 10.6 Å². The maximum absolute atomic E-state index is 11.4. The first kappa shape index (κ1) is 16.4. The topological polar surface area (TPSA) is 114 Å². The van der Waals surface area contributed by atoms with Crippen molar-refractivity contribution in [1.29, 1.82) is 0 Å². The Morgan fingerprint density at radius 3 is 2.71 bits per heavy atom. The number of carboxylic acids is 1. The number of urea groups is 1. The van der Waals surface area contributed by atoms with E-state index in [0.717, 1.165) is 0 Å². The molecule has 0 spiro atoms. The molecular weight excluding hydrogens is 280 g/mol. The van der Waals surface area contributed by atoms with Gasteiger partial charge in [-0.1, -0.05) is 6.07 Å². The summed E-state index contributed by atoms with van der Waals surface area (Å²) in [5.74, 6) is -1.52. The molecule has 0 unspecified atom stereocenters. The van der Waals surface area contributed by atoms with Gasteiger partial charge < -0.3 is 19.9 Å². The molecule has 8 heteroatoms. The maximum Gasteiger partial charge on any atom is 0.335 e. The van der Waals surface area contributed by atoms with Gasteiger partial charge in [-0.15, -0.1) is 0 Å². The fraction of sp³-hybridized carbons (Fsp3) is 0.308. The Kier molecular flexibility index (Phi) is 6.69. The van der Waals surface area contributed by atoms with Crippen molar-refractivity contribution in [3.05, 3.63) is 29.8 Å². The number of amides is 3. The summed E-state index contributed by atoms with van der Waals surface area (Å²) in [5, 5.41) is 13.3. The van der Waals surface area contributed by atoms with Crippen molar-refractivity contribution in [2.75, 3.05) is 26.9 Å². The van der Waals surface area contributed by atoms with Crippen LogP contribution in [-0.4, -0.2) is 49.9 Å². The van der Waals surface area contributed by atoms with Crippen molar-refractivity contribution in [2.45, 2.75) is 0 Å². The molecule has 3 amide bonds. The van der Waals surface area contributed by atoms with Gasteiger partial charge in [-0.3, -0.25) is 10.1 Å². The third-order valence-electron chi connectivity index (χ3n) is 2.30. The first-order valence-electron chi connectivity index (χ1n) is 6.05. The number of ether oxygens (including phenoxy) is 2. The van der Waals surface area contributed by atoms with Gasteiger partial charge >= 0.3 is 12.0 Å². The Labute approximate surface area is 121 Å². The smallest absolute Gasteiger partial charge is 0.335 e. The summed E-state index contributed by atoms with van der Waals surface area (Å²) in [6, 6.07) is 5.04. The SMILES string of the molecule is COCCNC(=O)NC(=O)COc1cccc(C(=O)O)c1. The highest BCUT2D eigenvalue weighted by molar-refractivity contribution is 5.95. The van der Waals surface area contributed by atoms with E-state index in [1.807, 2.05) is 0 Å². The van der Waals surface area contributed by atoms with Crippen molar-refractivity contribution < 1.29 is 29.0 Å². The van der Waals surface area contributed by atoms with Gasteiger partial charge in [0.2, 0.25) is 0 Å². The van der Waals surface area contributed by atoms with E-state index in [2.05, 4.69) is 10.6 Å². The van der Waals surface area contributed by atoms with Crippen LogP contribution in [0.5, 0.6) is 5.75 Å². The largest absolute Gasteiger partial charge is 0.484 e. The molecule has 0 saturated heterocycles. The van der Waals surface area contributed by atoms with Gasteiger partial charge in [-0.25, -0.2) is 9.59 Å². The minimum absolute atomic E-state index is 0.0465. The molecule has 1 aromatic rings. The molecule has 114 valence electrons. The lowest BCUT2D eigenvalue weighted by Crippen LogP contribution is -2.42. The van der Waals surface area contributed by atoms with E-state index >= 15 is 0 Å². The lowest BCUT2D eigenvalue weighted by Gasteiger charge is -2.08. The fourth-order valence-corrected chi connectivity index (χ4v) is 1.34. The van der Waals surface area contributed by atoms with Gasteiger partial charge in [0.1, 0.15) is 5.75 Å². The number of methoxy groups -OCH3 is 1. The standard InChI is InChI=1S/C13H16N2O6/c1-20-6-5-14-13(19)15-11(16)8-21-10-4-2-3-9(7-10)12(17)18/h2-4,7H,5-6,8H2,1H3,(H,17,18)(H2,14,15,16,19). The predicted molar refractivity (Wildman–Crippen MR) is 72.3 cm³/mol. The normalized spacial score (nSPS) is 9.76. The molecule has 0 radical (unpaired) electrons. The first-order valence-corrected chi connectivity index (χ1v) is 6.05. The second kappa shape index (κ2) is 8.54. The Bertz CT molecular complexity index is 517. The lowest BCUT2D eigenvalue weighted by molar-refractivity contribution is -0.122. The fourth-order valence-electron chi connectivity index (χ4n) is 1.34. The van der Waals surface area contributed by atoms with Gasteiger partial charge in [-0.05, 0) is 18.2 Å². The second-order valence-electron chi connectivity index (χ2n) is 3.92.